The van der Waals surface area contributed by atoms with Crippen molar-refractivity contribution >= 4 is 23.4 Å². The van der Waals surface area contributed by atoms with Crippen LogP contribution in [0.3, 0.4) is 0 Å². The quantitative estimate of drug-likeness (QED) is 0.340. The molecule has 0 radical (unpaired) electrons. The van der Waals surface area contributed by atoms with Crippen molar-refractivity contribution in [3.05, 3.63) is 81.9 Å². The zero-order valence-corrected chi connectivity index (χ0v) is 26.2. The average Bonchev–Trinajstić information content (AvgIpc) is 3.59. The third kappa shape index (κ3) is 6.63. The first kappa shape index (κ1) is 31.1. The summed E-state index contributed by atoms with van der Waals surface area (Å²) in [5.74, 6) is -1.50. The molecule has 10 heteroatoms. The number of carbonyl (C=O) groups excluding carboxylic acids is 2. The van der Waals surface area contributed by atoms with Gasteiger partial charge in [0.05, 0.1) is 29.2 Å². The first-order valence-electron chi connectivity index (χ1n) is 15.1. The van der Waals surface area contributed by atoms with Crippen LogP contribution in [0.4, 0.5) is 4.39 Å². The molecule has 0 bridgehead atoms. The van der Waals surface area contributed by atoms with Crippen LogP contribution >= 0.6 is 11.6 Å². The zero-order valence-electron chi connectivity index (χ0n) is 25.4. The fourth-order valence-electron chi connectivity index (χ4n) is 6.41. The Balaban J connectivity index is 1.20. The molecule has 230 valence electrons. The number of aliphatic hydroxyl groups excluding tert-OH is 1. The third-order valence-electron chi connectivity index (χ3n) is 8.86. The fourth-order valence-corrected chi connectivity index (χ4v) is 6.53. The molecule has 2 fully saturated rings. The highest BCUT2D eigenvalue weighted by Gasteiger charge is 2.46. The Morgan fingerprint density at radius 1 is 1.09 bits per heavy atom. The molecule has 3 atom stereocenters. The molecule has 1 saturated carbocycles. The average molecular weight is 610 g/mol. The summed E-state index contributed by atoms with van der Waals surface area (Å²) in [6.07, 6.45) is 4.10. The molecule has 2 aromatic carbocycles. The normalized spacial score (nSPS) is 23.6. The molecule has 3 aromatic rings. The van der Waals surface area contributed by atoms with Crippen molar-refractivity contribution in [2.24, 2.45) is 5.92 Å². The molecule has 43 heavy (non-hydrogen) atoms. The second-order valence-electron chi connectivity index (χ2n) is 13.2. The van der Waals surface area contributed by atoms with Crippen LogP contribution in [0.2, 0.25) is 5.02 Å². The van der Waals surface area contributed by atoms with Gasteiger partial charge in [-0.05, 0) is 73.8 Å². The van der Waals surface area contributed by atoms with E-state index < -0.39 is 23.9 Å². The Bertz CT molecular complexity index is 1460. The molecule has 1 aromatic heterocycles. The predicted molar refractivity (Wildman–Crippen MR) is 163 cm³/mol. The van der Waals surface area contributed by atoms with Gasteiger partial charge in [-0.2, -0.15) is 0 Å². The van der Waals surface area contributed by atoms with Crippen molar-refractivity contribution in [3.8, 4) is 0 Å². The number of benzene rings is 2. The van der Waals surface area contributed by atoms with Crippen LogP contribution < -0.4 is 5.32 Å². The minimum atomic E-state index is -0.861. The first-order chi connectivity index (χ1) is 20.3. The Hall–Kier alpha value is -3.30. The molecule has 3 unspecified atom stereocenters. The standard InChI is InChI=1S/C33H41ClFN5O3/c1-19(2)40-29(41)17-25(30(40)21-8-15-26(34)27(35)16-21)32(43)36-23-11-13-24(14-12-23)39-18-28(37-38-39)31(42)20-6-9-22(10-7-20)33(3,4)5/h6-10,15-16,18-19,23-25,30-31,42H,11-14,17H2,1-5H3,(H,36,43). The first-order valence-corrected chi connectivity index (χ1v) is 15.5. The monoisotopic (exact) mass is 609 g/mol. The Kier molecular flexibility index (Phi) is 8.95. The summed E-state index contributed by atoms with van der Waals surface area (Å²) in [4.78, 5) is 28.2. The van der Waals surface area contributed by atoms with E-state index in [1.807, 2.05) is 49.0 Å². The molecule has 0 spiro atoms. The lowest BCUT2D eigenvalue weighted by atomic mass is 9.86. The number of rotatable bonds is 7. The maximum atomic E-state index is 14.4. The van der Waals surface area contributed by atoms with Crippen LogP contribution in [-0.4, -0.2) is 48.9 Å². The topological polar surface area (TPSA) is 100 Å². The van der Waals surface area contributed by atoms with Crippen LogP contribution in [0.25, 0.3) is 0 Å². The highest BCUT2D eigenvalue weighted by molar-refractivity contribution is 6.30. The van der Waals surface area contributed by atoms with Gasteiger partial charge in [-0.15, -0.1) is 5.10 Å². The van der Waals surface area contributed by atoms with Crippen LogP contribution in [0.1, 0.15) is 107 Å². The van der Waals surface area contributed by atoms with E-state index in [4.69, 9.17) is 11.6 Å². The summed E-state index contributed by atoms with van der Waals surface area (Å²) in [6.45, 7) is 10.3. The van der Waals surface area contributed by atoms with Gasteiger partial charge < -0.3 is 15.3 Å². The van der Waals surface area contributed by atoms with Crippen LogP contribution in [0, 0.1) is 11.7 Å². The molecular weight excluding hydrogens is 569 g/mol. The summed E-state index contributed by atoms with van der Waals surface area (Å²) in [7, 11) is 0. The molecule has 5 rings (SSSR count). The minimum absolute atomic E-state index is 0.00528. The number of halogens is 2. The number of amides is 2. The number of likely N-dealkylation sites (tertiary alicyclic amines) is 1. The smallest absolute Gasteiger partial charge is 0.226 e. The molecule has 1 saturated heterocycles. The molecule has 1 aliphatic heterocycles. The van der Waals surface area contributed by atoms with E-state index in [9.17, 15) is 19.1 Å². The Morgan fingerprint density at radius 3 is 2.37 bits per heavy atom. The summed E-state index contributed by atoms with van der Waals surface area (Å²) >= 11 is 5.90. The van der Waals surface area contributed by atoms with E-state index in [0.29, 0.717) is 11.3 Å². The van der Waals surface area contributed by atoms with Crippen molar-refractivity contribution in [2.45, 2.75) is 102 Å². The van der Waals surface area contributed by atoms with E-state index in [1.54, 1.807) is 11.0 Å². The highest BCUT2D eigenvalue weighted by atomic mass is 35.5. The lowest BCUT2D eigenvalue weighted by Gasteiger charge is -2.33. The van der Waals surface area contributed by atoms with Crippen molar-refractivity contribution < 1.29 is 19.1 Å². The zero-order chi connectivity index (χ0) is 31.1. The van der Waals surface area contributed by atoms with E-state index in [-0.39, 0.29) is 46.8 Å². The lowest BCUT2D eigenvalue weighted by molar-refractivity contribution is -0.130. The number of aromatic nitrogens is 3. The molecule has 8 nitrogen and oxygen atoms in total. The molecular formula is C33H41ClFN5O3. The van der Waals surface area contributed by atoms with Gasteiger partial charge in [0.25, 0.3) is 0 Å². The van der Waals surface area contributed by atoms with Gasteiger partial charge in [-0.1, -0.05) is 67.9 Å². The van der Waals surface area contributed by atoms with Gasteiger partial charge in [0.1, 0.15) is 17.6 Å². The third-order valence-corrected chi connectivity index (χ3v) is 9.17. The summed E-state index contributed by atoms with van der Waals surface area (Å²) in [6, 6.07) is 11.8. The summed E-state index contributed by atoms with van der Waals surface area (Å²) in [5, 5.41) is 22.7. The van der Waals surface area contributed by atoms with Crippen molar-refractivity contribution in [3.63, 3.8) is 0 Å². The number of aliphatic hydroxyl groups is 1. The molecule has 2 N–H and O–H groups in total. The lowest BCUT2D eigenvalue weighted by Crippen LogP contribution is -2.43. The van der Waals surface area contributed by atoms with E-state index in [2.05, 4.69) is 36.4 Å². The van der Waals surface area contributed by atoms with E-state index in [0.717, 1.165) is 31.2 Å². The van der Waals surface area contributed by atoms with Gasteiger partial charge in [0, 0.05) is 18.5 Å². The Morgan fingerprint density at radius 2 is 1.77 bits per heavy atom. The largest absolute Gasteiger partial charge is 0.382 e. The predicted octanol–water partition coefficient (Wildman–Crippen LogP) is 6.05. The number of hydrogen-bond acceptors (Lipinski definition) is 5. The van der Waals surface area contributed by atoms with Gasteiger partial charge in [0.2, 0.25) is 11.8 Å². The van der Waals surface area contributed by atoms with Gasteiger partial charge in [-0.3, -0.25) is 9.59 Å². The number of nitrogens with zero attached hydrogens (tertiary/aromatic N) is 4. The Labute approximate surface area is 257 Å². The number of hydrogen-bond donors (Lipinski definition) is 2. The van der Waals surface area contributed by atoms with Crippen LogP contribution in [0.5, 0.6) is 0 Å². The highest BCUT2D eigenvalue weighted by Crippen LogP contribution is 2.41. The second kappa shape index (κ2) is 12.4. The maximum absolute atomic E-state index is 14.4. The van der Waals surface area contributed by atoms with Crippen molar-refractivity contribution in [1.29, 1.82) is 0 Å². The maximum Gasteiger partial charge on any atom is 0.226 e. The van der Waals surface area contributed by atoms with Gasteiger partial charge >= 0.3 is 0 Å². The van der Waals surface area contributed by atoms with Crippen LogP contribution in [-0.2, 0) is 15.0 Å². The number of carbonyl (C=O) groups is 2. The molecule has 2 aliphatic rings. The number of nitrogens with one attached hydrogen (secondary N) is 1. The fraction of sp³-hybridized carbons (Fsp3) is 0.515. The van der Waals surface area contributed by atoms with E-state index >= 15 is 0 Å². The summed E-state index contributed by atoms with van der Waals surface area (Å²) < 4.78 is 16.2. The minimum Gasteiger partial charge on any atom is -0.382 e. The molecule has 1 aliphatic carbocycles. The van der Waals surface area contributed by atoms with E-state index in [1.165, 1.54) is 17.7 Å². The van der Waals surface area contributed by atoms with Gasteiger partial charge in [0.15, 0.2) is 0 Å². The molecule has 2 heterocycles. The molecule has 2 amide bonds. The second-order valence-corrected chi connectivity index (χ2v) is 13.6. The van der Waals surface area contributed by atoms with Gasteiger partial charge in [-0.25, -0.2) is 9.07 Å². The van der Waals surface area contributed by atoms with Crippen molar-refractivity contribution in [2.75, 3.05) is 0 Å². The van der Waals surface area contributed by atoms with Crippen molar-refractivity contribution in [1.82, 2.24) is 25.2 Å². The summed E-state index contributed by atoms with van der Waals surface area (Å²) in [5.41, 5.74) is 3.07. The van der Waals surface area contributed by atoms with Crippen LogP contribution in [0.15, 0.2) is 48.7 Å². The SMILES string of the molecule is CC(C)N1C(=O)CC(C(=O)NC2CCC(n3cc(C(O)c4ccc(C(C)(C)C)cc4)nn3)CC2)C1c1ccc(Cl)c(F)c1.